The highest BCUT2D eigenvalue weighted by Gasteiger charge is 2.26. The van der Waals surface area contributed by atoms with E-state index >= 15 is 0 Å². The van der Waals surface area contributed by atoms with Crippen LogP contribution in [0.1, 0.15) is 19.8 Å². The van der Waals surface area contributed by atoms with E-state index in [-0.39, 0.29) is 16.6 Å². The van der Waals surface area contributed by atoms with Crippen molar-refractivity contribution in [2.45, 2.75) is 38.4 Å². The number of anilines is 1. The number of aromatic nitrogens is 2. The first-order valence-corrected chi connectivity index (χ1v) is 5.77. The van der Waals surface area contributed by atoms with Gasteiger partial charge in [-0.25, -0.2) is 4.68 Å². The summed E-state index contributed by atoms with van der Waals surface area (Å²) in [6.07, 6.45) is 3.41. The molecule has 1 heterocycles. The average Bonchev–Trinajstić information content (AvgIpc) is 2.23. The van der Waals surface area contributed by atoms with Crippen LogP contribution in [-0.2, 0) is 6.54 Å². The Morgan fingerprint density at radius 3 is 2.94 bits per heavy atom. The number of nitrogens with one attached hydrogen (secondary N) is 1. The van der Waals surface area contributed by atoms with E-state index in [1.807, 2.05) is 6.92 Å². The van der Waals surface area contributed by atoms with Crippen LogP contribution in [0.5, 0.6) is 0 Å². The molecule has 1 aliphatic rings. The molecule has 1 aromatic rings. The lowest BCUT2D eigenvalue weighted by Crippen LogP contribution is -2.44. The third-order valence-electron chi connectivity index (χ3n) is 2.82. The molecule has 0 amide bonds. The second-order valence-electron chi connectivity index (χ2n) is 4.07. The third kappa shape index (κ3) is 2.05. The molecule has 0 aliphatic heterocycles. The van der Waals surface area contributed by atoms with Crippen LogP contribution in [0.15, 0.2) is 11.0 Å². The number of aryl methyl sites for hydroxylation is 1. The van der Waals surface area contributed by atoms with Crippen molar-refractivity contribution in [3.63, 3.8) is 0 Å². The van der Waals surface area contributed by atoms with Gasteiger partial charge in [0.15, 0.2) is 0 Å². The maximum atomic E-state index is 11.7. The van der Waals surface area contributed by atoms with Crippen molar-refractivity contribution in [1.82, 2.24) is 9.78 Å². The Morgan fingerprint density at radius 1 is 1.69 bits per heavy atom. The molecule has 88 valence electrons. The summed E-state index contributed by atoms with van der Waals surface area (Å²) in [5.74, 6) is 0. The molecule has 0 unspecified atom stereocenters. The summed E-state index contributed by atoms with van der Waals surface area (Å²) in [7, 11) is 0. The van der Waals surface area contributed by atoms with Crippen molar-refractivity contribution in [2.24, 2.45) is 5.73 Å². The lowest BCUT2D eigenvalue weighted by molar-refractivity contribution is 0.373. The minimum absolute atomic E-state index is 0.206. The Hall–Kier alpha value is -1.07. The maximum Gasteiger partial charge on any atom is 0.287 e. The van der Waals surface area contributed by atoms with Gasteiger partial charge in [0, 0.05) is 18.6 Å². The molecule has 0 atom stereocenters. The number of hydrogen-bond acceptors (Lipinski definition) is 4. The summed E-state index contributed by atoms with van der Waals surface area (Å²) < 4.78 is 1.33. The SMILES string of the molecule is CCn1ncc(NC2CC(N)C2)c(Cl)c1=O. The van der Waals surface area contributed by atoms with Crippen LogP contribution < -0.4 is 16.6 Å². The van der Waals surface area contributed by atoms with Crippen LogP contribution in [0.4, 0.5) is 5.69 Å². The van der Waals surface area contributed by atoms with E-state index in [1.54, 1.807) is 6.20 Å². The summed E-state index contributed by atoms with van der Waals surface area (Å²) >= 11 is 5.97. The molecule has 0 bridgehead atoms. The molecule has 6 heteroatoms. The Morgan fingerprint density at radius 2 is 2.38 bits per heavy atom. The van der Waals surface area contributed by atoms with E-state index in [4.69, 9.17) is 17.3 Å². The minimum Gasteiger partial charge on any atom is -0.380 e. The molecular weight excluding hydrogens is 228 g/mol. The fourth-order valence-electron chi connectivity index (χ4n) is 1.79. The summed E-state index contributed by atoms with van der Waals surface area (Å²) in [5, 5.41) is 7.40. The summed E-state index contributed by atoms with van der Waals surface area (Å²) in [6, 6.07) is 0.575. The fraction of sp³-hybridized carbons (Fsp3) is 0.600. The van der Waals surface area contributed by atoms with Crippen molar-refractivity contribution in [3.05, 3.63) is 21.6 Å². The van der Waals surface area contributed by atoms with Crippen LogP contribution in [0.25, 0.3) is 0 Å². The number of hydrogen-bond donors (Lipinski definition) is 2. The van der Waals surface area contributed by atoms with E-state index in [0.717, 1.165) is 12.8 Å². The third-order valence-corrected chi connectivity index (χ3v) is 3.18. The molecule has 5 nitrogen and oxygen atoms in total. The second-order valence-corrected chi connectivity index (χ2v) is 4.44. The molecule has 16 heavy (non-hydrogen) atoms. The first kappa shape index (κ1) is 11.4. The van der Waals surface area contributed by atoms with E-state index in [2.05, 4.69) is 10.4 Å². The van der Waals surface area contributed by atoms with Gasteiger partial charge in [-0.3, -0.25) is 4.79 Å². The highest BCUT2D eigenvalue weighted by atomic mass is 35.5. The quantitative estimate of drug-likeness (QED) is 0.823. The largest absolute Gasteiger partial charge is 0.380 e. The van der Waals surface area contributed by atoms with Crippen LogP contribution in [-0.4, -0.2) is 21.9 Å². The van der Waals surface area contributed by atoms with Crippen molar-refractivity contribution in [2.75, 3.05) is 5.32 Å². The van der Waals surface area contributed by atoms with Crippen LogP contribution in [0.3, 0.4) is 0 Å². The van der Waals surface area contributed by atoms with Gasteiger partial charge in [0.05, 0.1) is 11.9 Å². The molecule has 0 saturated heterocycles. The van der Waals surface area contributed by atoms with Gasteiger partial charge in [-0.15, -0.1) is 0 Å². The first-order chi connectivity index (χ1) is 7.61. The molecule has 2 rings (SSSR count). The smallest absolute Gasteiger partial charge is 0.287 e. The Balaban J connectivity index is 2.16. The normalized spacial score (nSPS) is 23.9. The van der Waals surface area contributed by atoms with E-state index in [1.165, 1.54) is 4.68 Å². The zero-order valence-corrected chi connectivity index (χ0v) is 9.87. The van der Waals surface area contributed by atoms with Gasteiger partial charge in [-0.05, 0) is 19.8 Å². The lowest BCUT2D eigenvalue weighted by Gasteiger charge is -2.33. The topological polar surface area (TPSA) is 72.9 Å². The van der Waals surface area contributed by atoms with Gasteiger partial charge in [0.1, 0.15) is 5.02 Å². The van der Waals surface area contributed by atoms with E-state index in [0.29, 0.717) is 18.3 Å². The predicted molar refractivity (Wildman–Crippen MR) is 63.8 cm³/mol. The minimum atomic E-state index is -0.252. The van der Waals surface area contributed by atoms with Gasteiger partial charge < -0.3 is 11.1 Å². The number of nitrogens with zero attached hydrogens (tertiary/aromatic N) is 2. The molecule has 1 saturated carbocycles. The van der Waals surface area contributed by atoms with Gasteiger partial charge >= 0.3 is 0 Å². The molecule has 0 spiro atoms. The van der Waals surface area contributed by atoms with Gasteiger partial charge in [-0.1, -0.05) is 11.6 Å². The zero-order valence-electron chi connectivity index (χ0n) is 9.11. The van der Waals surface area contributed by atoms with Gasteiger partial charge in [0.2, 0.25) is 0 Å². The molecule has 3 N–H and O–H groups in total. The van der Waals surface area contributed by atoms with Crippen molar-refractivity contribution in [1.29, 1.82) is 0 Å². The number of rotatable bonds is 3. The molecule has 1 fully saturated rings. The van der Waals surface area contributed by atoms with Crippen LogP contribution >= 0.6 is 11.6 Å². The van der Waals surface area contributed by atoms with Crippen LogP contribution in [0.2, 0.25) is 5.02 Å². The highest BCUT2D eigenvalue weighted by molar-refractivity contribution is 6.32. The monoisotopic (exact) mass is 242 g/mol. The highest BCUT2D eigenvalue weighted by Crippen LogP contribution is 2.24. The van der Waals surface area contributed by atoms with E-state index < -0.39 is 0 Å². The molecule has 0 aromatic carbocycles. The van der Waals surface area contributed by atoms with Crippen molar-refractivity contribution < 1.29 is 0 Å². The standard InChI is InChI=1S/C10H15ClN4O/c1-2-15-10(16)9(11)8(5-13-15)14-7-3-6(12)4-7/h5-7,14H,2-4,12H2,1H3. The fourth-order valence-corrected chi connectivity index (χ4v) is 1.99. The van der Waals surface area contributed by atoms with E-state index in [9.17, 15) is 4.79 Å². The number of nitrogens with two attached hydrogens (primary N) is 1. The first-order valence-electron chi connectivity index (χ1n) is 5.39. The molecular formula is C10H15ClN4O. The van der Waals surface area contributed by atoms with Gasteiger partial charge in [-0.2, -0.15) is 5.10 Å². The predicted octanol–water partition coefficient (Wildman–Crippen LogP) is 0.818. The summed E-state index contributed by atoms with van der Waals surface area (Å²) in [4.78, 5) is 11.7. The Kier molecular flexibility index (Phi) is 3.16. The lowest BCUT2D eigenvalue weighted by atomic mass is 9.87. The van der Waals surface area contributed by atoms with Crippen molar-refractivity contribution >= 4 is 17.3 Å². The number of halogens is 1. The average molecular weight is 243 g/mol. The molecule has 1 aliphatic carbocycles. The van der Waals surface area contributed by atoms with Gasteiger partial charge in [0.25, 0.3) is 5.56 Å². The summed E-state index contributed by atoms with van der Waals surface area (Å²) in [5.41, 5.74) is 6.03. The zero-order chi connectivity index (χ0) is 11.7. The second kappa shape index (κ2) is 4.43. The van der Waals surface area contributed by atoms with Crippen LogP contribution in [0, 0.1) is 0 Å². The van der Waals surface area contributed by atoms with Crippen molar-refractivity contribution in [3.8, 4) is 0 Å². The summed E-state index contributed by atoms with van der Waals surface area (Å²) in [6.45, 7) is 2.37. The maximum absolute atomic E-state index is 11.7. The Bertz CT molecular complexity index is 439. The molecule has 0 radical (unpaired) electrons. The molecule has 1 aromatic heterocycles. The Labute approximate surface area is 98.6 Å².